The largest absolute Gasteiger partial charge is 0.480 e. The minimum absolute atomic E-state index is 0.0208. The third-order valence-corrected chi connectivity index (χ3v) is 5.12. The van der Waals surface area contributed by atoms with Crippen LogP contribution < -0.4 is 0 Å². The molecule has 0 radical (unpaired) electrons. The van der Waals surface area contributed by atoms with Gasteiger partial charge in [0.2, 0.25) is 0 Å². The summed E-state index contributed by atoms with van der Waals surface area (Å²) in [5.74, 6) is -0.0681. The lowest BCUT2D eigenvalue weighted by Gasteiger charge is -2.39. The number of hydrogen-bond donors (Lipinski definition) is 1. The van der Waals surface area contributed by atoms with Gasteiger partial charge in [-0.15, -0.1) is 0 Å². The molecular weight excluding hydrogens is 280 g/mol. The number of urea groups is 1. The Morgan fingerprint density at radius 1 is 1.40 bits per heavy atom. The van der Waals surface area contributed by atoms with Crippen molar-refractivity contribution in [2.45, 2.75) is 37.2 Å². The monoisotopic (exact) mass is 302 g/mol. The van der Waals surface area contributed by atoms with Gasteiger partial charge in [-0.1, -0.05) is 0 Å². The van der Waals surface area contributed by atoms with Crippen LogP contribution in [0.2, 0.25) is 0 Å². The van der Waals surface area contributed by atoms with Crippen molar-refractivity contribution in [1.29, 1.82) is 0 Å². The maximum atomic E-state index is 12.6. The predicted molar refractivity (Wildman–Crippen MR) is 77.0 cm³/mol. The molecule has 2 amide bonds. The van der Waals surface area contributed by atoms with E-state index in [4.69, 9.17) is 4.74 Å². The number of nitrogens with zero attached hydrogens (tertiary/aromatic N) is 2. The summed E-state index contributed by atoms with van der Waals surface area (Å²) in [5, 5.41) is 9.27. The van der Waals surface area contributed by atoms with E-state index in [0.29, 0.717) is 26.1 Å². The van der Waals surface area contributed by atoms with Gasteiger partial charge in [-0.05, 0) is 13.8 Å². The number of carbonyl (C=O) groups excluding carboxylic acids is 1. The Morgan fingerprint density at radius 2 is 2.10 bits per heavy atom. The van der Waals surface area contributed by atoms with E-state index in [1.807, 2.05) is 11.8 Å². The molecule has 6 nitrogen and oxygen atoms in total. The Hall–Kier alpha value is -0.950. The summed E-state index contributed by atoms with van der Waals surface area (Å²) < 4.78 is 5.24. The van der Waals surface area contributed by atoms with Crippen molar-refractivity contribution < 1.29 is 19.4 Å². The zero-order valence-electron chi connectivity index (χ0n) is 12.2. The van der Waals surface area contributed by atoms with Crippen molar-refractivity contribution in [2.75, 3.05) is 32.5 Å². The number of amides is 2. The van der Waals surface area contributed by atoms with Crippen LogP contribution in [0.15, 0.2) is 0 Å². The predicted octanol–water partition coefficient (Wildman–Crippen LogP) is 1.11. The van der Waals surface area contributed by atoms with Crippen molar-refractivity contribution in [3.05, 3.63) is 0 Å². The molecule has 0 aromatic carbocycles. The van der Waals surface area contributed by atoms with Gasteiger partial charge in [0.15, 0.2) is 0 Å². The zero-order valence-corrected chi connectivity index (χ0v) is 13.0. The topological polar surface area (TPSA) is 70.1 Å². The van der Waals surface area contributed by atoms with E-state index in [1.54, 1.807) is 12.0 Å². The molecule has 2 rings (SSSR count). The summed E-state index contributed by atoms with van der Waals surface area (Å²) in [6, 6.07) is -0.949. The van der Waals surface area contributed by atoms with E-state index in [1.165, 1.54) is 4.90 Å². The van der Waals surface area contributed by atoms with Crippen molar-refractivity contribution in [3.63, 3.8) is 0 Å². The molecule has 114 valence electrons. The summed E-state index contributed by atoms with van der Waals surface area (Å²) in [6.07, 6.45) is 0.177. The zero-order chi connectivity index (χ0) is 14.9. The summed E-state index contributed by atoms with van der Waals surface area (Å²) in [5.41, 5.74) is 0. The van der Waals surface area contributed by atoms with Crippen LogP contribution in [0.3, 0.4) is 0 Å². The quantitative estimate of drug-likeness (QED) is 0.827. The Kier molecular flexibility index (Phi) is 4.49. The molecule has 20 heavy (non-hydrogen) atoms. The van der Waals surface area contributed by atoms with Crippen molar-refractivity contribution in [2.24, 2.45) is 0 Å². The SMILES string of the molecule is COC1CC(C(=O)O)N(C(=O)N2CCSC(C)(C)C2)C1. The van der Waals surface area contributed by atoms with Gasteiger partial charge in [0.1, 0.15) is 6.04 Å². The van der Waals surface area contributed by atoms with Gasteiger partial charge < -0.3 is 19.6 Å². The summed E-state index contributed by atoms with van der Waals surface area (Å²) >= 11 is 1.84. The lowest BCUT2D eigenvalue weighted by molar-refractivity contribution is -0.141. The highest BCUT2D eigenvalue weighted by Gasteiger charge is 2.42. The Bertz CT molecular complexity index is 402. The highest BCUT2D eigenvalue weighted by Crippen LogP contribution is 2.31. The van der Waals surface area contributed by atoms with E-state index in [0.717, 1.165) is 5.75 Å². The Morgan fingerprint density at radius 3 is 2.65 bits per heavy atom. The first-order valence-corrected chi connectivity index (χ1v) is 7.78. The van der Waals surface area contributed by atoms with E-state index in [2.05, 4.69) is 13.8 Å². The number of hydrogen-bond acceptors (Lipinski definition) is 4. The molecule has 0 spiro atoms. The van der Waals surface area contributed by atoms with E-state index < -0.39 is 12.0 Å². The van der Waals surface area contributed by atoms with Gasteiger partial charge in [-0.3, -0.25) is 0 Å². The van der Waals surface area contributed by atoms with Gasteiger partial charge >= 0.3 is 12.0 Å². The van der Waals surface area contributed by atoms with Crippen LogP contribution in [0, 0.1) is 0 Å². The third kappa shape index (κ3) is 3.20. The average molecular weight is 302 g/mol. The van der Waals surface area contributed by atoms with Crippen molar-refractivity contribution >= 4 is 23.8 Å². The van der Waals surface area contributed by atoms with Crippen LogP contribution in [0.25, 0.3) is 0 Å². The van der Waals surface area contributed by atoms with Crippen LogP contribution in [0.4, 0.5) is 4.79 Å². The average Bonchev–Trinajstić information content (AvgIpc) is 2.81. The molecule has 2 atom stereocenters. The molecule has 0 saturated carbocycles. The summed E-state index contributed by atoms with van der Waals surface area (Å²) in [4.78, 5) is 27.1. The van der Waals surface area contributed by atoms with Crippen LogP contribution in [0.5, 0.6) is 0 Å². The van der Waals surface area contributed by atoms with Gasteiger partial charge in [0, 0.05) is 43.7 Å². The smallest absolute Gasteiger partial charge is 0.326 e. The number of thioether (sulfide) groups is 1. The first kappa shape index (κ1) is 15.4. The number of carbonyl (C=O) groups is 2. The third-order valence-electron chi connectivity index (χ3n) is 3.82. The van der Waals surface area contributed by atoms with Gasteiger partial charge in [-0.2, -0.15) is 11.8 Å². The number of ether oxygens (including phenoxy) is 1. The van der Waals surface area contributed by atoms with E-state index in [9.17, 15) is 14.7 Å². The second-order valence-corrected chi connectivity index (χ2v) is 7.71. The molecule has 0 aliphatic carbocycles. The molecule has 2 aliphatic rings. The van der Waals surface area contributed by atoms with Crippen LogP contribution in [-0.4, -0.2) is 76.3 Å². The Labute approximate surface area is 123 Å². The van der Waals surface area contributed by atoms with E-state index in [-0.39, 0.29) is 16.9 Å². The van der Waals surface area contributed by atoms with Crippen molar-refractivity contribution in [1.82, 2.24) is 9.80 Å². The molecule has 2 unspecified atom stereocenters. The molecule has 0 aromatic heterocycles. The van der Waals surface area contributed by atoms with Crippen molar-refractivity contribution in [3.8, 4) is 0 Å². The standard InChI is InChI=1S/C13H22N2O4S/c1-13(2)8-14(4-5-20-13)12(18)15-7-9(19-3)6-10(15)11(16)17/h9-10H,4-8H2,1-3H3,(H,16,17). The normalized spacial score (nSPS) is 29.6. The maximum Gasteiger partial charge on any atom is 0.326 e. The molecule has 2 aliphatic heterocycles. The molecular formula is C13H22N2O4S. The molecule has 1 N–H and O–H groups in total. The van der Waals surface area contributed by atoms with E-state index >= 15 is 0 Å². The van der Waals surface area contributed by atoms with Gasteiger partial charge in [0.05, 0.1) is 6.10 Å². The highest BCUT2D eigenvalue weighted by atomic mass is 32.2. The van der Waals surface area contributed by atoms with Crippen LogP contribution in [0.1, 0.15) is 20.3 Å². The fraction of sp³-hybridized carbons (Fsp3) is 0.846. The molecule has 2 fully saturated rings. The number of methoxy groups -OCH3 is 1. The lowest BCUT2D eigenvalue weighted by Crippen LogP contribution is -2.53. The molecule has 0 aromatic rings. The first-order valence-electron chi connectivity index (χ1n) is 6.79. The highest BCUT2D eigenvalue weighted by molar-refractivity contribution is 8.00. The van der Waals surface area contributed by atoms with Crippen LogP contribution in [-0.2, 0) is 9.53 Å². The minimum Gasteiger partial charge on any atom is -0.480 e. The summed E-state index contributed by atoms with van der Waals surface area (Å²) in [7, 11) is 1.55. The second-order valence-electron chi connectivity index (χ2n) is 5.91. The first-order chi connectivity index (χ1) is 9.34. The maximum absolute atomic E-state index is 12.6. The fourth-order valence-corrected chi connectivity index (χ4v) is 3.89. The Balaban J connectivity index is 2.08. The molecule has 2 saturated heterocycles. The second kappa shape index (κ2) is 5.81. The summed E-state index contributed by atoms with van der Waals surface area (Å²) in [6.45, 7) is 5.89. The molecule has 7 heteroatoms. The number of carboxylic acid groups (broad SMARTS) is 1. The minimum atomic E-state index is -0.955. The number of aliphatic carboxylic acids is 1. The number of rotatable bonds is 2. The van der Waals surface area contributed by atoms with Gasteiger partial charge in [0.25, 0.3) is 0 Å². The number of likely N-dealkylation sites (tertiary alicyclic amines) is 1. The van der Waals surface area contributed by atoms with Gasteiger partial charge in [-0.25, -0.2) is 9.59 Å². The fourth-order valence-electron chi connectivity index (χ4n) is 2.78. The van der Waals surface area contributed by atoms with Crippen LogP contribution >= 0.6 is 11.8 Å². The molecule has 0 bridgehead atoms. The molecule has 2 heterocycles. The lowest BCUT2D eigenvalue weighted by atomic mass is 10.2. The number of carboxylic acids is 1.